The molecule has 0 saturated heterocycles. The molecule has 11 heavy (non-hydrogen) atoms. The number of aromatic nitrogens is 3. The largest absolute Gasteiger partial charge is 0.394 e. The number of rotatable bonds is 3. The number of nitrogens with two attached hydrogens (primary N) is 1. The smallest absolute Gasteiger partial charge is 0.169 e. The topological polar surface area (TPSA) is 87.8 Å². The molecule has 5 heteroatoms. The fraction of sp³-hybridized carbons (Fsp3) is 0.667. The fourth-order valence-electron chi connectivity index (χ4n) is 0.716. The van der Waals surface area contributed by atoms with Crippen molar-refractivity contribution in [2.75, 3.05) is 6.61 Å². The number of nitrogens with one attached hydrogen (secondary N) is 1. The summed E-state index contributed by atoms with van der Waals surface area (Å²) in [5, 5.41) is 15.2. The normalized spacial score (nSPS) is 13.4. The van der Waals surface area contributed by atoms with Crippen molar-refractivity contribution in [3.05, 3.63) is 11.6 Å². The molecule has 1 atom stereocenters. The predicted octanol–water partition coefficient (Wildman–Crippen LogP) is -0.641. The first kappa shape index (κ1) is 8.16. The van der Waals surface area contributed by atoms with Crippen LogP contribution in [0.5, 0.6) is 0 Å². The summed E-state index contributed by atoms with van der Waals surface area (Å²) in [4.78, 5) is 4.05. The molecule has 0 aliphatic rings. The fourth-order valence-corrected chi connectivity index (χ4v) is 0.716. The van der Waals surface area contributed by atoms with Gasteiger partial charge in [0.1, 0.15) is 5.82 Å². The van der Waals surface area contributed by atoms with Crippen molar-refractivity contribution >= 4 is 0 Å². The van der Waals surface area contributed by atoms with Gasteiger partial charge in [-0.15, -0.1) is 0 Å². The van der Waals surface area contributed by atoms with E-state index >= 15 is 0 Å². The van der Waals surface area contributed by atoms with E-state index in [1.54, 1.807) is 0 Å². The highest BCUT2D eigenvalue weighted by Gasteiger charge is 2.09. The van der Waals surface area contributed by atoms with Gasteiger partial charge < -0.3 is 10.8 Å². The molecule has 0 unspecified atom stereocenters. The number of hydrogen-bond acceptors (Lipinski definition) is 4. The highest BCUT2D eigenvalue weighted by Crippen LogP contribution is 2.02. The van der Waals surface area contributed by atoms with E-state index in [9.17, 15) is 0 Å². The summed E-state index contributed by atoms with van der Waals surface area (Å²) in [5.41, 5.74) is 5.47. The Morgan fingerprint density at radius 2 is 2.45 bits per heavy atom. The van der Waals surface area contributed by atoms with E-state index in [0.717, 1.165) is 12.2 Å². The second-order valence-electron chi connectivity index (χ2n) is 2.28. The lowest BCUT2D eigenvalue weighted by molar-refractivity contribution is 0.263. The quantitative estimate of drug-likeness (QED) is 0.543. The maximum Gasteiger partial charge on any atom is 0.169 e. The number of hydrogen-bond donors (Lipinski definition) is 3. The van der Waals surface area contributed by atoms with Gasteiger partial charge in [-0.05, 0) is 0 Å². The zero-order valence-corrected chi connectivity index (χ0v) is 6.41. The summed E-state index contributed by atoms with van der Waals surface area (Å²) < 4.78 is 0. The first-order chi connectivity index (χ1) is 5.27. The van der Waals surface area contributed by atoms with Gasteiger partial charge in [-0.2, -0.15) is 5.10 Å². The average molecular weight is 156 g/mol. The van der Waals surface area contributed by atoms with Crippen molar-refractivity contribution in [2.24, 2.45) is 5.73 Å². The van der Waals surface area contributed by atoms with E-state index in [0.29, 0.717) is 5.82 Å². The van der Waals surface area contributed by atoms with E-state index < -0.39 is 6.04 Å². The van der Waals surface area contributed by atoms with Gasteiger partial charge in [0.2, 0.25) is 0 Å². The Balaban J connectivity index is 2.71. The van der Waals surface area contributed by atoms with Crippen LogP contribution in [0.4, 0.5) is 0 Å². The van der Waals surface area contributed by atoms with Crippen LogP contribution in [-0.2, 0) is 6.42 Å². The molecule has 0 saturated carbocycles. The minimum atomic E-state index is -0.466. The van der Waals surface area contributed by atoms with Crippen LogP contribution >= 0.6 is 0 Å². The van der Waals surface area contributed by atoms with Crippen LogP contribution in [-0.4, -0.2) is 26.9 Å². The van der Waals surface area contributed by atoms with Gasteiger partial charge >= 0.3 is 0 Å². The summed E-state index contributed by atoms with van der Waals surface area (Å²) in [6.07, 6.45) is 0.797. The van der Waals surface area contributed by atoms with E-state index in [2.05, 4.69) is 15.2 Å². The average Bonchev–Trinajstić information content (AvgIpc) is 2.50. The molecule has 0 aromatic carbocycles. The van der Waals surface area contributed by atoms with Crippen LogP contribution in [0.2, 0.25) is 0 Å². The molecule has 62 valence electrons. The van der Waals surface area contributed by atoms with Gasteiger partial charge in [-0.1, -0.05) is 6.92 Å². The standard InChI is InChI=1S/C6H12N4O/c1-2-5-8-6(10-9-5)4(7)3-11/h4,11H,2-3,7H2,1H3,(H,8,9,10)/t4-/m0/s1. The molecule has 0 bridgehead atoms. The molecule has 1 heterocycles. The van der Waals surface area contributed by atoms with Crippen LogP contribution < -0.4 is 5.73 Å². The van der Waals surface area contributed by atoms with Crippen LogP contribution in [0, 0.1) is 0 Å². The third-order valence-corrected chi connectivity index (χ3v) is 1.41. The Bertz CT molecular complexity index is 222. The van der Waals surface area contributed by atoms with Gasteiger partial charge in [0.05, 0.1) is 12.6 Å². The van der Waals surface area contributed by atoms with Crippen LogP contribution in [0.25, 0.3) is 0 Å². The molecule has 0 radical (unpaired) electrons. The lowest BCUT2D eigenvalue weighted by atomic mass is 10.3. The zero-order chi connectivity index (χ0) is 8.27. The molecule has 0 aliphatic carbocycles. The highest BCUT2D eigenvalue weighted by molar-refractivity contribution is 4.95. The number of nitrogens with zero attached hydrogens (tertiary/aromatic N) is 2. The number of aliphatic hydroxyl groups is 1. The number of H-pyrrole nitrogens is 1. The van der Waals surface area contributed by atoms with Gasteiger partial charge in [0.25, 0.3) is 0 Å². The molecular formula is C6H12N4O. The summed E-state index contributed by atoms with van der Waals surface area (Å²) >= 11 is 0. The van der Waals surface area contributed by atoms with E-state index in [1.165, 1.54) is 0 Å². The first-order valence-corrected chi connectivity index (χ1v) is 3.55. The molecule has 0 spiro atoms. The minimum absolute atomic E-state index is 0.124. The molecule has 5 nitrogen and oxygen atoms in total. The maximum absolute atomic E-state index is 8.65. The Kier molecular flexibility index (Phi) is 2.56. The predicted molar refractivity (Wildman–Crippen MR) is 39.8 cm³/mol. The molecule has 0 amide bonds. The molecule has 0 aliphatic heterocycles. The van der Waals surface area contributed by atoms with Crippen molar-refractivity contribution in [1.29, 1.82) is 0 Å². The molecule has 1 aromatic rings. The third-order valence-electron chi connectivity index (χ3n) is 1.41. The summed E-state index contributed by atoms with van der Waals surface area (Å²) in [6, 6.07) is -0.466. The van der Waals surface area contributed by atoms with Crippen molar-refractivity contribution in [3.8, 4) is 0 Å². The number of aromatic amines is 1. The van der Waals surface area contributed by atoms with E-state index in [1.807, 2.05) is 6.92 Å². The molecule has 1 rings (SSSR count). The van der Waals surface area contributed by atoms with Crippen LogP contribution in [0.3, 0.4) is 0 Å². The first-order valence-electron chi connectivity index (χ1n) is 3.55. The van der Waals surface area contributed by atoms with Gasteiger partial charge in [-0.3, -0.25) is 5.10 Å². The Morgan fingerprint density at radius 3 is 2.91 bits per heavy atom. The lowest BCUT2D eigenvalue weighted by Crippen LogP contribution is -2.16. The maximum atomic E-state index is 8.65. The SMILES string of the molecule is CCc1nc([C@@H](N)CO)n[nH]1. The minimum Gasteiger partial charge on any atom is -0.394 e. The zero-order valence-electron chi connectivity index (χ0n) is 6.41. The second-order valence-corrected chi connectivity index (χ2v) is 2.28. The Morgan fingerprint density at radius 1 is 1.73 bits per heavy atom. The van der Waals surface area contributed by atoms with Crippen molar-refractivity contribution in [2.45, 2.75) is 19.4 Å². The van der Waals surface area contributed by atoms with E-state index in [-0.39, 0.29) is 6.61 Å². The van der Waals surface area contributed by atoms with Crippen molar-refractivity contribution < 1.29 is 5.11 Å². The van der Waals surface area contributed by atoms with Crippen molar-refractivity contribution in [1.82, 2.24) is 15.2 Å². The molecular weight excluding hydrogens is 144 g/mol. The summed E-state index contributed by atoms with van der Waals surface area (Å²) in [7, 11) is 0. The summed E-state index contributed by atoms with van der Waals surface area (Å²) in [6.45, 7) is 1.84. The molecule has 0 fully saturated rings. The number of aryl methyl sites for hydroxylation is 1. The Labute approximate surface area is 64.6 Å². The monoisotopic (exact) mass is 156 g/mol. The van der Waals surface area contributed by atoms with Gasteiger partial charge in [-0.25, -0.2) is 4.98 Å². The van der Waals surface area contributed by atoms with Crippen LogP contribution in [0.1, 0.15) is 24.6 Å². The summed E-state index contributed by atoms with van der Waals surface area (Å²) in [5.74, 6) is 1.27. The lowest BCUT2D eigenvalue weighted by Gasteiger charge is -1.99. The van der Waals surface area contributed by atoms with Gasteiger partial charge in [0, 0.05) is 6.42 Å². The number of aliphatic hydroxyl groups excluding tert-OH is 1. The highest BCUT2D eigenvalue weighted by atomic mass is 16.3. The third kappa shape index (κ3) is 1.75. The van der Waals surface area contributed by atoms with Crippen LogP contribution in [0.15, 0.2) is 0 Å². The van der Waals surface area contributed by atoms with E-state index in [4.69, 9.17) is 10.8 Å². The van der Waals surface area contributed by atoms with Crippen molar-refractivity contribution in [3.63, 3.8) is 0 Å². The molecule has 1 aromatic heterocycles. The molecule has 4 N–H and O–H groups in total. The second kappa shape index (κ2) is 3.45. The van der Waals surface area contributed by atoms with Gasteiger partial charge in [0.15, 0.2) is 5.82 Å². The Hall–Kier alpha value is -0.940.